The van der Waals surface area contributed by atoms with Crippen LogP contribution >= 0.6 is 22.9 Å². The number of alkyl halides is 1. The Morgan fingerprint density at radius 1 is 1.65 bits per heavy atom. The highest BCUT2D eigenvalue weighted by atomic mass is 35.5. The molecule has 112 valence electrons. The molecular formula is C14H21ClN2O2S. The fourth-order valence-electron chi connectivity index (χ4n) is 2.49. The molecule has 1 N–H and O–H groups in total. The minimum Gasteiger partial charge on any atom is -0.378 e. The summed E-state index contributed by atoms with van der Waals surface area (Å²) in [6.07, 6.45) is 1.45. The van der Waals surface area contributed by atoms with Crippen LogP contribution < -0.4 is 5.32 Å². The number of nitrogens with zero attached hydrogens (tertiary/aromatic N) is 1. The van der Waals surface area contributed by atoms with Crippen LogP contribution in [-0.2, 0) is 21.8 Å². The van der Waals surface area contributed by atoms with Crippen molar-refractivity contribution in [2.75, 3.05) is 6.61 Å². The summed E-state index contributed by atoms with van der Waals surface area (Å²) < 4.78 is 5.66. The third kappa shape index (κ3) is 3.32. The Labute approximate surface area is 128 Å². The minimum absolute atomic E-state index is 0.00412. The molecular weight excluding hydrogens is 296 g/mol. The topological polar surface area (TPSA) is 51.2 Å². The molecule has 1 saturated carbocycles. The van der Waals surface area contributed by atoms with Crippen LogP contribution in [0.2, 0.25) is 0 Å². The lowest BCUT2D eigenvalue weighted by Gasteiger charge is -2.51. The van der Waals surface area contributed by atoms with E-state index in [1.54, 1.807) is 0 Å². The van der Waals surface area contributed by atoms with Gasteiger partial charge in [-0.15, -0.1) is 22.9 Å². The van der Waals surface area contributed by atoms with Crippen molar-refractivity contribution in [2.24, 2.45) is 5.41 Å². The van der Waals surface area contributed by atoms with Gasteiger partial charge in [0, 0.05) is 23.4 Å². The Morgan fingerprint density at radius 3 is 2.95 bits per heavy atom. The molecule has 0 aliphatic heterocycles. The Kier molecular flexibility index (Phi) is 5.04. The van der Waals surface area contributed by atoms with E-state index in [4.69, 9.17) is 16.3 Å². The summed E-state index contributed by atoms with van der Waals surface area (Å²) in [5.41, 5.74) is 0.829. The molecule has 1 amide bonds. The highest BCUT2D eigenvalue weighted by Gasteiger charge is 2.49. The first-order chi connectivity index (χ1) is 9.47. The Balaban J connectivity index is 1.83. The second-order valence-electron chi connectivity index (χ2n) is 5.66. The van der Waals surface area contributed by atoms with Crippen molar-refractivity contribution in [1.29, 1.82) is 0 Å². The molecule has 2 atom stereocenters. The number of carbonyl (C=O) groups excluding carboxylic acids is 1. The number of hydrogen-bond acceptors (Lipinski definition) is 4. The minimum atomic E-state index is -0.00412. The van der Waals surface area contributed by atoms with Gasteiger partial charge in [0.05, 0.1) is 24.1 Å². The molecule has 1 fully saturated rings. The van der Waals surface area contributed by atoms with E-state index in [9.17, 15) is 4.79 Å². The highest BCUT2D eigenvalue weighted by Crippen LogP contribution is 2.42. The molecule has 0 aromatic carbocycles. The summed E-state index contributed by atoms with van der Waals surface area (Å²) in [6.45, 7) is 6.99. The van der Waals surface area contributed by atoms with Crippen LogP contribution in [0.1, 0.15) is 37.9 Å². The van der Waals surface area contributed by atoms with Gasteiger partial charge in [0.1, 0.15) is 5.01 Å². The quantitative estimate of drug-likeness (QED) is 0.821. The first-order valence-electron chi connectivity index (χ1n) is 6.87. The zero-order valence-corrected chi connectivity index (χ0v) is 13.7. The van der Waals surface area contributed by atoms with Crippen molar-refractivity contribution >= 4 is 28.8 Å². The molecule has 1 aromatic heterocycles. The van der Waals surface area contributed by atoms with Gasteiger partial charge in [-0.1, -0.05) is 13.8 Å². The van der Waals surface area contributed by atoms with Crippen LogP contribution in [0, 0.1) is 5.41 Å². The summed E-state index contributed by atoms with van der Waals surface area (Å²) in [4.78, 5) is 16.3. The fraction of sp³-hybridized carbons (Fsp3) is 0.714. The number of aromatic nitrogens is 1. The molecule has 0 radical (unpaired) electrons. The van der Waals surface area contributed by atoms with Gasteiger partial charge in [-0.05, 0) is 13.3 Å². The van der Waals surface area contributed by atoms with Crippen LogP contribution in [-0.4, -0.2) is 29.6 Å². The smallest absolute Gasteiger partial charge is 0.227 e. The van der Waals surface area contributed by atoms with Gasteiger partial charge in [-0.25, -0.2) is 4.98 Å². The molecule has 6 heteroatoms. The first-order valence-corrected chi connectivity index (χ1v) is 8.29. The van der Waals surface area contributed by atoms with Gasteiger partial charge in [-0.2, -0.15) is 0 Å². The van der Waals surface area contributed by atoms with Gasteiger partial charge >= 0.3 is 0 Å². The number of ether oxygens (including phenoxy) is 1. The molecule has 0 saturated heterocycles. The molecule has 1 aliphatic rings. The van der Waals surface area contributed by atoms with E-state index >= 15 is 0 Å². The lowest BCUT2D eigenvalue weighted by molar-refractivity contribution is -0.136. The number of thiazole rings is 1. The first kappa shape index (κ1) is 15.7. The summed E-state index contributed by atoms with van der Waals surface area (Å²) in [5.74, 6) is 0.414. The van der Waals surface area contributed by atoms with Gasteiger partial charge in [0.25, 0.3) is 0 Å². The Bertz CT molecular complexity index is 475. The standard InChI is InChI=1S/C14H21ClN2O2S/c1-4-19-11-5-10(14(11,2)3)17-12(18)6-13-16-9(7-15)8-20-13/h8,10-11H,4-7H2,1-3H3,(H,17,18). The largest absolute Gasteiger partial charge is 0.378 e. The number of hydrogen-bond donors (Lipinski definition) is 1. The maximum atomic E-state index is 12.0. The molecule has 4 nitrogen and oxygen atoms in total. The second kappa shape index (κ2) is 6.41. The number of halogens is 1. The van der Waals surface area contributed by atoms with Crippen LogP contribution in [0.25, 0.3) is 0 Å². The average molecular weight is 317 g/mol. The number of rotatable bonds is 6. The van der Waals surface area contributed by atoms with Crippen LogP contribution in [0.3, 0.4) is 0 Å². The van der Waals surface area contributed by atoms with E-state index in [1.807, 2.05) is 12.3 Å². The maximum Gasteiger partial charge on any atom is 0.227 e. The molecule has 2 unspecified atom stereocenters. The molecule has 20 heavy (non-hydrogen) atoms. The van der Waals surface area contributed by atoms with E-state index in [2.05, 4.69) is 24.1 Å². The molecule has 2 rings (SSSR count). The summed E-state index contributed by atoms with van der Waals surface area (Å²) in [6, 6.07) is 0.180. The number of amides is 1. The predicted octanol–water partition coefficient (Wildman–Crippen LogP) is 2.74. The summed E-state index contributed by atoms with van der Waals surface area (Å²) >= 11 is 7.19. The number of nitrogens with one attached hydrogen (secondary N) is 1. The molecule has 1 heterocycles. The van der Waals surface area contributed by atoms with Crippen LogP contribution in [0.4, 0.5) is 0 Å². The van der Waals surface area contributed by atoms with Crippen LogP contribution in [0.15, 0.2) is 5.38 Å². The summed E-state index contributed by atoms with van der Waals surface area (Å²) in [7, 11) is 0. The zero-order chi connectivity index (χ0) is 14.8. The molecule has 0 spiro atoms. The highest BCUT2D eigenvalue weighted by molar-refractivity contribution is 7.09. The predicted molar refractivity (Wildman–Crippen MR) is 81.1 cm³/mol. The monoisotopic (exact) mass is 316 g/mol. The van der Waals surface area contributed by atoms with E-state index in [-0.39, 0.29) is 23.5 Å². The van der Waals surface area contributed by atoms with Crippen molar-refractivity contribution in [1.82, 2.24) is 10.3 Å². The van der Waals surface area contributed by atoms with E-state index in [0.717, 1.165) is 23.7 Å². The van der Waals surface area contributed by atoms with Gasteiger partial charge in [-0.3, -0.25) is 4.79 Å². The third-order valence-corrected chi connectivity index (χ3v) is 5.10. The van der Waals surface area contributed by atoms with E-state index in [1.165, 1.54) is 11.3 Å². The van der Waals surface area contributed by atoms with Gasteiger partial charge in [0.2, 0.25) is 5.91 Å². The normalized spacial score (nSPS) is 24.2. The fourth-order valence-corrected chi connectivity index (χ4v) is 3.51. The van der Waals surface area contributed by atoms with E-state index < -0.39 is 0 Å². The SMILES string of the molecule is CCOC1CC(NC(=O)Cc2nc(CCl)cs2)C1(C)C. The van der Waals surface area contributed by atoms with Crippen molar-refractivity contribution in [3.05, 3.63) is 16.1 Å². The number of carbonyl (C=O) groups is 1. The maximum absolute atomic E-state index is 12.0. The van der Waals surface area contributed by atoms with Crippen LogP contribution in [0.5, 0.6) is 0 Å². The molecule has 1 aromatic rings. The zero-order valence-electron chi connectivity index (χ0n) is 12.1. The Hall–Kier alpha value is -0.650. The molecule has 1 aliphatic carbocycles. The second-order valence-corrected chi connectivity index (χ2v) is 6.87. The van der Waals surface area contributed by atoms with Crippen molar-refractivity contribution in [3.8, 4) is 0 Å². The van der Waals surface area contributed by atoms with Gasteiger partial charge < -0.3 is 10.1 Å². The van der Waals surface area contributed by atoms with Crippen molar-refractivity contribution in [2.45, 2.75) is 51.6 Å². The average Bonchev–Trinajstić information content (AvgIpc) is 2.85. The Morgan fingerprint density at radius 2 is 2.40 bits per heavy atom. The van der Waals surface area contributed by atoms with Gasteiger partial charge in [0.15, 0.2) is 0 Å². The lowest BCUT2D eigenvalue weighted by atomic mass is 9.64. The van der Waals surface area contributed by atoms with E-state index in [0.29, 0.717) is 12.3 Å². The van der Waals surface area contributed by atoms with Crippen molar-refractivity contribution in [3.63, 3.8) is 0 Å². The summed E-state index contributed by atoms with van der Waals surface area (Å²) in [5, 5.41) is 5.80. The lowest BCUT2D eigenvalue weighted by Crippen LogP contribution is -2.62. The molecule has 0 bridgehead atoms. The van der Waals surface area contributed by atoms with Crippen molar-refractivity contribution < 1.29 is 9.53 Å². The third-order valence-electron chi connectivity index (χ3n) is 3.93.